The highest BCUT2D eigenvalue weighted by Crippen LogP contribution is 2.23. The molecule has 0 bridgehead atoms. The van der Waals surface area contributed by atoms with E-state index in [4.69, 9.17) is 0 Å². The van der Waals surface area contributed by atoms with Crippen LogP contribution in [-0.4, -0.2) is 28.9 Å². The molecule has 1 aliphatic heterocycles. The molecule has 1 fully saturated rings. The van der Waals surface area contributed by atoms with Crippen molar-refractivity contribution in [2.75, 3.05) is 23.3 Å². The third-order valence-corrected chi connectivity index (χ3v) is 4.08. The Kier molecular flexibility index (Phi) is 4.43. The molecule has 3 rings (SSSR count). The first-order valence-electron chi connectivity index (χ1n) is 7.90. The number of hydrogen-bond acceptors (Lipinski definition) is 3. The summed E-state index contributed by atoms with van der Waals surface area (Å²) >= 11 is 0. The summed E-state index contributed by atoms with van der Waals surface area (Å²) in [5, 5.41) is 7.84. The standard InChI is InChI=1S/C17H24N4/c1-15(8-13-21-12-5-9-18-21)19-16-6-4-7-17(14-16)20-10-2-3-11-20/h4-7,9,12,14-15,19H,2-3,8,10-11,13H2,1H3. The fourth-order valence-electron chi connectivity index (χ4n) is 2.88. The summed E-state index contributed by atoms with van der Waals surface area (Å²) in [5.41, 5.74) is 2.56. The van der Waals surface area contributed by atoms with Gasteiger partial charge in [-0.2, -0.15) is 5.10 Å². The van der Waals surface area contributed by atoms with E-state index in [-0.39, 0.29) is 0 Å². The van der Waals surface area contributed by atoms with E-state index in [0.29, 0.717) is 6.04 Å². The lowest BCUT2D eigenvalue weighted by Gasteiger charge is -2.20. The minimum absolute atomic E-state index is 0.433. The number of nitrogens with zero attached hydrogens (tertiary/aromatic N) is 3. The lowest BCUT2D eigenvalue weighted by atomic mass is 10.2. The van der Waals surface area contributed by atoms with Gasteiger partial charge in [-0.25, -0.2) is 0 Å². The summed E-state index contributed by atoms with van der Waals surface area (Å²) in [5.74, 6) is 0. The Bertz CT molecular complexity index is 544. The van der Waals surface area contributed by atoms with E-state index >= 15 is 0 Å². The van der Waals surface area contributed by atoms with Crippen molar-refractivity contribution in [3.8, 4) is 0 Å². The van der Waals surface area contributed by atoms with Gasteiger partial charge in [0.15, 0.2) is 0 Å². The Balaban J connectivity index is 1.55. The highest BCUT2D eigenvalue weighted by molar-refractivity contribution is 5.58. The second-order valence-electron chi connectivity index (χ2n) is 5.85. The van der Waals surface area contributed by atoms with E-state index in [0.717, 1.165) is 13.0 Å². The van der Waals surface area contributed by atoms with Crippen molar-refractivity contribution >= 4 is 11.4 Å². The molecule has 2 heterocycles. The number of benzene rings is 1. The monoisotopic (exact) mass is 284 g/mol. The zero-order valence-corrected chi connectivity index (χ0v) is 12.7. The molecule has 0 spiro atoms. The van der Waals surface area contributed by atoms with Gasteiger partial charge in [0.1, 0.15) is 0 Å². The molecule has 1 N–H and O–H groups in total. The van der Waals surface area contributed by atoms with Crippen LogP contribution >= 0.6 is 0 Å². The maximum atomic E-state index is 4.24. The average Bonchev–Trinajstić information content (AvgIpc) is 3.19. The van der Waals surface area contributed by atoms with Gasteiger partial charge < -0.3 is 10.2 Å². The SMILES string of the molecule is CC(CCn1cccn1)Nc1cccc(N2CCCC2)c1. The molecule has 4 nitrogen and oxygen atoms in total. The van der Waals surface area contributed by atoms with Crippen LogP contribution in [0.3, 0.4) is 0 Å². The Hall–Kier alpha value is -1.97. The topological polar surface area (TPSA) is 33.1 Å². The van der Waals surface area contributed by atoms with E-state index in [9.17, 15) is 0 Å². The first-order chi connectivity index (χ1) is 10.3. The smallest absolute Gasteiger partial charge is 0.0489 e. The van der Waals surface area contributed by atoms with Crippen LogP contribution in [0.5, 0.6) is 0 Å². The number of rotatable bonds is 6. The van der Waals surface area contributed by atoms with Crippen LogP contribution in [-0.2, 0) is 6.54 Å². The van der Waals surface area contributed by atoms with E-state index in [1.54, 1.807) is 0 Å². The summed E-state index contributed by atoms with van der Waals surface area (Å²) in [4.78, 5) is 2.47. The van der Waals surface area contributed by atoms with Crippen LogP contribution in [0.15, 0.2) is 42.7 Å². The Morgan fingerprint density at radius 3 is 2.86 bits per heavy atom. The summed E-state index contributed by atoms with van der Waals surface area (Å²) < 4.78 is 1.98. The molecule has 112 valence electrons. The van der Waals surface area contributed by atoms with Gasteiger partial charge in [-0.1, -0.05) is 6.07 Å². The molecule has 0 amide bonds. The third kappa shape index (κ3) is 3.78. The van der Waals surface area contributed by atoms with Crippen molar-refractivity contribution in [1.82, 2.24) is 9.78 Å². The van der Waals surface area contributed by atoms with Crippen LogP contribution in [0, 0.1) is 0 Å². The molecular weight excluding hydrogens is 260 g/mol. The highest BCUT2D eigenvalue weighted by Gasteiger charge is 2.12. The molecule has 0 aliphatic carbocycles. The number of anilines is 2. The zero-order chi connectivity index (χ0) is 14.5. The molecule has 1 atom stereocenters. The minimum Gasteiger partial charge on any atom is -0.382 e. The van der Waals surface area contributed by atoms with Crippen molar-refractivity contribution in [2.24, 2.45) is 0 Å². The lowest BCUT2D eigenvalue weighted by Crippen LogP contribution is -2.20. The fourth-order valence-corrected chi connectivity index (χ4v) is 2.88. The normalized spacial score (nSPS) is 16.1. The van der Waals surface area contributed by atoms with Crippen molar-refractivity contribution < 1.29 is 0 Å². The molecule has 2 aromatic rings. The molecule has 1 aromatic carbocycles. The second kappa shape index (κ2) is 6.66. The van der Waals surface area contributed by atoms with Gasteiger partial charge in [0.05, 0.1) is 0 Å². The molecule has 21 heavy (non-hydrogen) atoms. The van der Waals surface area contributed by atoms with Gasteiger partial charge in [0.25, 0.3) is 0 Å². The van der Waals surface area contributed by atoms with Gasteiger partial charge in [0, 0.05) is 49.4 Å². The van der Waals surface area contributed by atoms with Crippen LogP contribution < -0.4 is 10.2 Å². The molecule has 0 radical (unpaired) electrons. The molecule has 1 saturated heterocycles. The molecule has 1 aromatic heterocycles. The molecule has 1 unspecified atom stereocenters. The predicted molar refractivity (Wildman–Crippen MR) is 87.8 cm³/mol. The van der Waals surface area contributed by atoms with E-state index in [1.807, 2.05) is 23.1 Å². The van der Waals surface area contributed by atoms with E-state index in [1.165, 1.54) is 37.3 Å². The number of hydrogen-bond donors (Lipinski definition) is 1. The average molecular weight is 284 g/mol. The largest absolute Gasteiger partial charge is 0.382 e. The maximum Gasteiger partial charge on any atom is 0.0489 e. The molecule has 4 heteroatoms. The molecule has 1 aliphatic rings. The lowest BCUT2D eigenvalue weighted by molar-refractivity contribution is 0.546. The van der Waals surface area contributed by atoms with Crippen molar-refractivity contribution in [3.63, 3.8) is 0 Å². The number of nitrogens with one attached hydrogen (secondary N) is 1. The zero-order valence-electron chi connectivity index (χ0n) is 12.7. The Labute approximate surface area is 126 Å². The predicted octanol–water partition coefficient (Wildman–Crippen LogP) is 3.37. The quantitative estimate of drug-likeness (QED) is 0.883. The molecular formula is C17H24N4. The summed E-state index contributed by atoms with van der Waals surface area (Å²) in [7, 11) is 0. The summed E-state index contributed by atoms with van der Waals surface area (Å²) in [6, 6.07) is 11.2. The van der Waals surface area contributed by atoms with Crippen LogP contribution in [0.1, 0.15) is 26.2 Å². The van der Waals surface area contributed by atoms with E-state index in [2.05, 4.69) is 46.5 Å². The second-order valence-corrected chi connectivity index (χ2v) is 5.85. The Morgan fingerprint density at radius 2 is 2.10 bits per heavy atom. The Morgan fingerprint density at radius 1 is 1.24 bits per heavy atom. The van der Waals surface area contributed by atoms with Crippen molar-refractivity contribution in [3.05, 3.63) is 42.7 Å². The van der Waals surface area contributed by atoms with Gasteiger partial charge in [-0.3, -0.25) is 4.68 Å². The van der Waals surface area contributed by atoms with Crippen molar-refractivity contribution in [1.29, 1.82) is 0 Å². The van der Waals surface area contributed by atoms with Gasteiger partial charge in [-0.15, -0.1) is 0 Å². The minimum atomic E-state index is 0.433. The van der Waals surface area contributed by atoms with Crippen LogP contribution in [0.25, 0.3) is 0 Å². The maximum absolute atomic E-state index is 4.24. The van der Waals surface area contributed by atoms with Gasteiger partial charge in [0.2, 0.25) is 0 Å². The van der Waals surface area contributed by atoms with Crippen LogP contribution in [0.2, 0.25) is 0 Å². The number of aromatic nitrogens is 2. The fraction of sp³-hybridized carbons (Fsp3) is 0.471. The third-order valence-electron chi connectivity index (χ3n) is 4.08. The van der Waals surface area contributed by atoms with Gasteiger partial charge >= 0.3 is 0 Å². The first kappa shape index (κ1) is 14.0. The number of aryl methyl sites for hydroxylation is 1. The van der Waals surface area contributed by atoms with E-state index < -0.39 is 0 Å². The van der Waals surface area contributed by atoms with Crippen LogP contribution in [0.4, 0.5) is 11.4 Å². The van der Waals surface area contributed by atoms with Crippen molar-refractivity contribution in [2.45, 2.75) is 38.8 Å². The summed E-state index contributed by atoms with van der Waals surface area (Å²) in [6.45, 7) is 5.57. The summed E-state index contributed by atoms with van der Waals surface area (Å²) in [6.07, 6.45) is 7.55. The van der Waals surface area contributed by atoms with Gasteiger partial charge in [-0.05, 0) is 50.5 Å². The first-order valence-corrected chi connectivity index (χ1v) is 7.90. The molecule has 0 saturated carbocycles. The highest BCUT2D eigenvalue weighted by atomic mass is 15.3.